The molecule has 15 heteroatoms. The highest BCUT2D eigenvalue weighted by Gasteiger charge is 2.29. The second-order valence-electron chi connectivity index (χ2n) is 10.0. The van der Waals surface area contributed by atoms with Gasteiger partial charge < -0.3 is 30.8 Å². The van der Waals surface area contributed by atoms with Gasteiger partial charge in [-0.05, 0) is 47.7 Å². The van der Waals surface area contributed by atoms with Gasteiger partial charge in [0.25, 0.3) is 5.91 Å². The summed E-state index contributed by atoms with van der Waals surface area (Å²) in [7, 11) is 0. The van der Waals surface area contributed by atoms with Crippen molar-refractivity contribution in [3.05, 3.63) is 62.6 Å². The molecule has 3 atom stereocenters. The molecule has 2 aromatic carbocycles. The van der Waals surface area contributed by atoms with Crippen LogP contribution in [0.5, 0.6) is 5.75 Å². The maximum atomic E-state index is 13.2. The first-order valence-corrected chi connectivity index (χ1v) is 14.4. The largest absolute Gasteiger partial charge is 0.508 e. The first-order chi connectivity index (χ1) is 20.6. The number of hydrogen-bond donors (Lipinski definition) is 8. The van der Waals surface area contributed by atoms with Gasteiger partial charge in [-0.1, -0.05) is 35.3 Å². The monoisotopic (exact) mass is 638 g/mol. The van der Waals surface area contributed by atoms with Gasteiger partial charge in [0.2, 0.25) is 0 Å². The van der Waals surface area contributed by atoms with Crippen molar-refractivity contribution < 1.29 is 35.1 Å². The molecule has 0 saturated carbocycles. The number of carbonyl (C=O) groups is 2. The number of aliphatic carboxylic acids is 1. The summed E-state index contributed by atoms with van der Waals surface area (Å²) < 4.78 is 0. The summed E-state index contributed by atoms with van der Waals surface area (Å²) in [4.78, 5) is 28.8. The molecule has 0 fully saturated rings. The van der Waals surface area contributed by atoms with Crippen LogP contribution in [0.4, 0.5) is 0 Å². The SMILES string of the molecule is N#CNC(NC[C@H](NC(=O)c1c(Cl)cc2c(c1Cl)CCN(CCC(O)c1cccc(O)c1)C2)C(=O)O)N(CCO)CCO. The molecule has 43 heavy (non-hydrogen) atoms. The van der Waals surface area contributed by atoms with E-state index in [4.69, 9.17) is 28.5 Å². The Morgan fingerprint density at radius 3 is 2.51 bits per heavy atom. The van der Waals surface area contributed by atoms with Crippen LogP contribution >= 0.6 is 23.2 Å². The first-order valence-electron chi connectivity index (χ1n) is 13.7. The third kappa shape index (κ3) is 9.40. The highest BCUT2D eigenvalue weighted by atomic mass is 35.5. The number of benzene rings is 2. The van der Waals surface area contributed by atoms with E-state index in [0.29, 0.717) is 38.0 Å². The number of aliphatic hydroxyl groups excluding tert-OH is 3. The third-order valence-electron chi connectivity index (χ3n) is 7.14. The zero-order valence-corrected chi connectivity index (χ0v) is 24.9. The van der Waals surface area contributed by atoms with Gasteiger partial charge in [-0.25, -0.2) is 4.79 Å². The predicted molar refractivity (Wildman–Crippen MR) is 158 cm³/mol. The van der Waals surface area contributed by atoms with Crippen LogP contribution in [-0.2, 0) is 17.8 Å². The summed E-state index contributed by atoms with van der Waals surface area (Å²) in [6.07, 6.45) is 1.02. The van der Waals surface area contributed by atoms with E-state index < -0.39 is 30.3 Å². The molecule has 0 spiro atoms. The van der Waals surface area contributed by atoms with Crippen molar-refractivity contribution >= 4 is 35.1 Å². The average Bonchev–Trinajstić information content (AvgIpc) is 2.96. The molecule has 0 radical (unpaired) electrons. The smallest absolute Gasteiger partial charge is 0.327 e. The lowest BCUT2D eigenvalue weighted by Crippen LogP contribution is -2.59. The number of carbonyl (C=O) groups excluding carboxylic acids is 1. The number of halogens is 2. The Morgan fingerprint density at radius 2 is 1.88 bits per heavy atom. The number of nitrogens with zero attached hydrogens (tertiary/aromatic N) is 3. The summed E-state index contributed by atoms with van der Waals surface area (Å²) in [6.45, 7) is 0.997. The number of carboxylic acid groups (broad SMARTS) is 1. The van der Waals surface area contributed by atoms with Crippen LogP contribution in [-0.4, -0.2) is 105 Å². The summed E-state index contributed by atoms with van der Waals surface area (Å²) in [6, 6.07) is 6.69. The van der Waals surface area contributed by atoms with Crippen LogP contribution in [0.3, 0.4) is 0 Å². The summed E-state index contributed by atoms with van der Waals surface area (Å²) >= 11 is 13.1. The Labute approximate surface area is 259 Å². The molecule has 2 unspecified atom stereocenters. The van der Waals surface area contributed by atoms with E-state index in [1.807, 2.05) is 0 Å². The van der Waals surface area contributed by atoms with Gasteiger partial charge in [0.05, 0.1) is 34.9 Å². The fourth-order valence-electron chi connectivity index (χ4n) is 4.93. The minimum Gasteiger partial charge on any atom is -0.508 e. The van der Waals surface area contributed by atoms with Crippen molar-refractivity contribution in [3.8, 4) is 11.9 Å². The summed E-state index contributed by atoms with van der Waals surface area (Å²) in [5.41, 5.74) is 2.13. The van der Waals surface area contributed by atoms with Gasteiger partial charge in [0, 0.05) is 39.3 Å². The predicted octanol–water partition coefficient (Wildman–Crippen LogP) is 0.594. The van der Waals surface area contributed by atoms with Crippen molar-refractivity contribution in [3.63, 3.8) is 0 Å². The maximum absolute atomic E-state index is 13.2. The molecule has 2 aromatic rings. The van der Waals surface area contributed by atoms with Crippen LogP contribution in [0.2, 0.25) is 10.0 Å². The van der Waals surface area contributed by atoms with Crippen LogP contribution in [0, 0.1) is 11.5 Å². The Kier molecular flexibility index (Phi) is 13.2. The summed E-state index contributed by atoms with van der Waals surface area (Å²) in [5.74, 6) is -2.04. The van der Waals surface area contributed by atoms with E-state index >= 15 is 0 Å². The topological polar surface area (TPSA) is 202 Å². The number of rotatable bonds is 16. The van der Waals surface area contributed by atoms with Crippen molar-refractivity contribution in [1.29, 1.82) is 5.26 Å². The second kappa shape index (κ2) is 16.6. The van der Waals surface area contributed by atoms with E-state index in [1.54, 1.807) is 24.4 Å². The first kappa shape index (κ1) is 34.3. The fourth-order valence-corrected chi connectivity index (χ4v) is 5.70. The molecule has 3 rings (SSSR count). The lowest BCUT2D eigenvalue weighted by molar-refractivity contribution is -0.139. The molecule has 13 nitrogen and oxygen atoms in total. The number of phenols is 1. The Bertz CT molecular complexity index is 1310. The molecular weight excluding hydrogens is 603 g/mol. The number of carboxylic acids is 1. The second-order valence-corrected chi connectivity index (χ2v) is 10.8. The maximum Gasteiger partial charge on any atom is 0.327 e. The molecule has 0 bridgehead atoms. The lowest BCUT2D eigenvalue weighted by Gasteiger charge is -2.31. The molecule has 234 valence electrons. The minimum absolute atomic E-state index is 0.0463. The number of amides is 1. The number of fused-ring (bicyclic) bond motifs is 1. The normalized spacial score (nSPS) is 15.3. The number of aromatic hydroxyl groups is 1. The van der Waals surface area contributed by atoms with Crippen LogP contribution < -0.4 is 16.0 Å². The van der Waals surface area contributed by atoms with Gasteiger partial charge in [0.15, 0.2) is 6.19 Å². The highest BCUT2D eigenvalue weighted by Crippen LogP contribution is 2.35. The van der Waals surface area contributed by atoms with Crippen molar-refractivity contribution in [2.24, 2.45) is 0 Å². The van der Waals surface area contributed by atoms with E-state index in [2.05, 4.69) is 20.9 Å². The number of nitrogens with one attached hydrogen (secondary N) is 3. The highest BCUT2D eigenvalue weighted by molar-refractivity contribution is 6.40. The molecule has 8 N–H and O–H groups in total. The molecule has 1 aliphatic rings. The van der Waals surface area contributed by atoms with Gasteiger partial charge >= 0.3 is 5.97 Å². The average molecular weight is 640 g/mol. The lowest BCUT2D eigenvalue weighted by atomic mass is 9.96. The third-order valence-corrected chi connectivity index (χ3v) is 7.86. The molecule has 1 aliphatic heterocycles. The molecule has 0 saturated heterocycles. The Morgan fingerprint density at radius 1 is 1.16 bits per heavy atom. The molecule has 0 aliphatic carbocycles. The number of nitriles is 1. The van der Waals surface area contributed by atoms with Gasteiger partial charge in [-0.2, -0.15) is 5.26 Å². The van der Waals surface area contributed by atoms with E-state index in [9.17, 15) is 35.1 Å². The van der Waals surface area contributed by atoms with E-state index in [1.165, 1.54) is 17.0 Å². The Hall–Kier alpha value is -3.19. The van der Waals surface area contributed by atoms with Crippen LogP contribution in [0.1, 0.15) is 39.6 Å². The number of phenolic OH excluding ortho intramolecular Hbond substituents is 1. The fraction of sp³-hybridized carbons (Fsp3) is 0.464. The number of aliphatic hydroxyl groups is 3. The van der Waals surface area contributed by atoms with Gasteiger partial charge in [-0.15, -0.1) is 0 Å². The van der Waals surface area contributed by atoms with E-state index in [0.717, 1.165) is 11.1 Å². The van der Waals surface area contributed by atoms with Gasteiger partial charge in [0.1, 0.15) is 18.1 Å². The summed E-state index contributed by atoms with van der Waals surface area (Å²) in [5, 5.41) is 65.5. The van der Waals surface area contributed by atoms with Gasteiger partial charge in [-0.3, -0.25) is 25.2 Å². The standard InChI is InChI=1S/C28H36Cl2N6O7/c29-21-13-18-15-35(7-5-23(40)17-2-1-3-19(39)12-17)6-4-20(18)25(30)24(21)26(41)34-22(27(42)43)14-32-28(33-16-31)36(8-10-37)9-11-38/h1-3,12-13,22-23,28,32-33,37-40H,4-11,14-15H2,(H,34,41)(H,42,43)/t22-,23?,28?/m0/s1. The zero-order valence-electron chi connectivity index (χ0n) is 23.3. The van der Waals surface area contributed by atoms with Crippen molar-refractivity contribution in [1.82, 2.24) is 25.8 Å². The van der Waals surface area contributed by atoms with Crippen molar-refractivity contribution in [2.45, 2.75) is 37.8 Å². The van der Waals surface area contributed by atoms with E-state index in [-0.39, 0.29) is 54.2 Å². The molecule has 1 amide bonds. The van der Waals surface area contributed by atoms with Crippen LogP contribution in [0.25, 0.3) is 0 Å². The minimum atomic E-state index is -1.43. The molecule has 0 aromatic heterocycles. The number of hydrogen-bond acceptors (Lipinski definition) is 11. The van der Waals surface area contributed by atoms with Crippen LogP contribution in [0.15, 0.2) is 30.3 Å². The molecule has 1 heterocycles. The molecular formula is C28H36Cl2N6O7. The Balaban J connectivity index is 1.67. The quantitative estimate of drug-likeness (QED) is 0.0723. The van der Waals surface area contributed by atoms with Crippen molar-refractivity contribution in [2.75, 3.05) is 45.9 Å². The zero-order chi connectivity index (χ0) is 31.5.